The molecule has 23 heavy (non-hydrogen) atoms. The van der Waals surface area contributed by atoms with E-state index in [-0.39, 0.29) is 5.91 Å². The molecule has 0 saturated heterocycles. The predicted molar refractivity (Wildman–Crippen MR) is 93.1 cm³/mol. The fourth-order valence-corrected chi connectivity index (χ4v) is 2.19. The van der Waals surface area contributed by atoms with Crippen molar-refractivity contribution in [2.75, 3.05) is 10.6 Å². The molecule has 1 aromatic heterocycles. The molecule has 4 heteroatoms. The van der Waals surface area contributed by atoms with Crippen molar-refractivity contribution in [3.8, 4) is 0 Å². The van der Waals surface area contributed by atoms with Gasteiger partial charge < -0.3 is 10.6 Å². The van der Waals surface area contributed by atoms with Gasteiger partial charge in [0.25, 0.3) is 5.91 Å². The van der Waals surface area contributed by atoms with Crippen molar-refractivity contribution in [3.63, 3.8) is 0 Å². The number of pyridine rings is 1. The Hall–Kier alpha value is -3.14. The third-order valence-corrected chi connectivity index (χ3v) is 3.43. The average molecular weight is 303 g/mol. The first-order valence-electron chi connectivity index (χ1n) is 7.36. The van der Waals surface area contributed by atoms with Crippen LogP contribution in [0.1, 0.15) is 15.9 Å². The van der Waals surface area contributed by atoms with Crippen LogP contribution in [0, 0.1) is 6.92 Å². The Morgan fingerprint density at radius 3 is 2.35 bits per heavy atom. The summed E-state index contributed by atoms with van der Waals surface area (Å²) in [6.07, 6.45) is 3.19. The van der Waals surface area contributed by atoms with Gasteiger partial charge in [-0.1, -0.05) is 29.8 Å². The zero-order valence-electron chi connectivity index (χ0n) is 12.8. The Labute approximate surface area is 135 Å². The van der Waals surface area contributed by atoms with Crippen LogP contribution in [0.5, 0.6) is 0 Å². The minimum atomic E-state index is -0.184. The molecule has 0 aliphatic rings. The lowest BCUT2D eigenvalue weighted by molar-refractivity contribution is 0.102. The van der Waals surface area contributed by atoms with E-state index in [2.05, 4.69) is 15.6 Å². The number of rotatable bonds is 4. The molecule has 2 N–H and O–H groups in total. The number of aromatic nitrogens is 1. The molecule has 1 amide bonds. The number of hydrogen-bond donors (Lipinski definition) is 2. The monoisotopic (exact) mass is 303 g/mol. The Morgan fingerprint density at radius 2 is 1.65 bits per heavy atom. The first-order valence-corrected chi connectivity index (χ1v) is 7.36. The molecule has 0 fully saturated rings. The van der Waals surface area contributed by atoms with Crippen molar-refractivity contribution < 1.29 is 4.79 Å². The molecule has 0 bridgehead atoms. The number of carbonyl (C=O) groups excluding carboxylic acids is 1. The van der Waals surface area contributed by atoms with Crippen LogP contribution < -0.4 is 10.6 Å². The number of carbonyl (C=O) groups is 1. The summed E-state index contributed by atoms with van der Waals surface area (Å²) in [5.41, 5.74) is 4.26. The van der Waals surface area contributed by atoms with Gasteiger partial charge in [0.15, 0.2) is 0 Å². The van der Waals surface area contributed by atoms with Gasteiger partial charge in [0.2, 0.25) is 0 Å². The zero-order valence-corrected chi connectivity index (χ0v) is 12.8. The highest BCUT2D eigenvalue weighted by Crippen LogP contribution is 2.25. The molecule has 0 radical (unpaired) electrons. The molecule has 0 saturated carbocycles. The number of para-hydroxylation sites is 2. The standard InChI is InChI=1S/C19H17N3O/c1-14-8-10-16(11-9-14)21-17-6-2-3-7-18(17)22-19(23)15-5-4-12-20-13-15/h2-13,21H,1H3,(H,22,23). The van der Waals surface area contributed by atoms with Crippen LogP contribution in [-0.2, 0) is 0 Å². The topological polar surface area (TPSA) is 54.0 Å². The van der Waals surface area contributed by atoms with E-state index >= 15 is 0 Å². The van der Waals surface area contributed by atoms with E-state index in [0.717, 1.165) is 17.1 Å². The normalized spacial score (nSPS) is 10.1. The average Bonchev–Trinajstić information content (AvgIpc) is 2.59. The lowest BCUT2D eigenvalue weighted by Gasteiger charge is -2.13. The maximum Gasteiger partial charge on any atom is 0.257 e. The van der Waals surface area contributed by atoms with Gasteiger partial charge in [0.1, 0.15) is 0 Å². The van der Waals surface area contributed by atoms with Crippen molar-refractivity contribution >= 4 is 23.0 Å². The minimum Gasteiger partial charge on any atom is -0.354 e. The molecular formula is C19H17N3O. The van der Waals surface area contributed by atoms with Crippen molar-refractivity contribution in [1.82, 2.24) is 4.98 Å². The number of anilines is 3. The van der Waals surface area contributed by atoms with Crippen LogP contribution in [0.15, 0.2) is 73.1 Å². The second kappa shape index (κ2) is 6.75. The maximum absolute atomic E-state index is 12.3. The molecule has 0 unspecified atom stereocenters. The van der Waals surface area contributed by atoms with Gasteiger partial charge in [-0.2, -0.15) is 0 Å². The van der Waals surface area contributed by atoms with E-state index in [1.807, 2.05) is 55.5 Å². The van der Waals surface area contributed by atoms with Crippen molar-refractivity contribution in [1.29, 1.82) is 0 Å². The highest BCUT2D eigenvalue weighted by atomic mass is 16.1. The van der Waals surface area contributed by atoms with Crippen LogP contribution in [0.25, 0.3) is 0 Å². The summed E-state index contributed by atoms with van der Waals surface area (Å²) in [5, 5.41) is 6.24. The van der Waals surface area contributed by atoms with E-state index in [9.17, 15) is 4.79 Å². The van der Waals surface area contributed by atoms with E-state index in [1.165, 1.54) is 5.56 Å². The fraction of sp³-hybridized carbons (Fsp3) is 0.0526. The Bertz CT molecular complexity index is 798. The fourth-order valence-electron chi connectivity index (χ4n) is 2.19. The lowest BCUT2D eigenvalue weighted by atomic mass is 10.2. The third-order valence-electron chi connectivity index (χ3n) is 3.43. The second-order valence-electron chi connectivity index (χ2n) is 5.23. The summed E-state index contributed by atoms with van der Waals surface area (Å²) in [5.74, 6) is -0.184. The van der Waals surface area contributed by atoms with Gasteiger partial charge in [0, 0.05) is 18.1 Å². The van der Waals surface area contributed by atoms with Crippen LogP contribution in [0.3, 0.4) is 0 Å². The summed E-state index contributed by atoms with van der Waals surface area (Å²) < 4.78 is 0. The summed E-state index contributed by atoms with van der Waals surface area (Å²) >= 11 is 0. The molecule has 4 nitrogen and oxygen atoms in total. The molecule has 0 atom stereocenters. The van der Waals surface area contributed by atoms with Gasteiger partial charge in [-0.05, 0) is 43.3 Å². The van der Waals surface area contributed by atoms with E-state index in [0.29, 0.717) is 5.56 Å². The third kappa shape index (κ3) is 3.74. The number of aryl methyl sites for hydroxylation is 1. The molecular weight excluding hydrogens is 286 g/mol. The number of nitrogens with zero attached hydrogens (tertiary/aromatic N) is 1. The SMILES string of the molecule is Cc1ccc(Nc2ccccc2NC(=O)c2cccnc2)cc1. The largest absolute Gasteiger partial charge is 0.354 e. The van der Waals surface area contributed by atoms with Crippen LogP contribution >= 0.6 is 0 Å². The smallest absolute Gasteiger partial charge is 0.257 e. The van der Waals surface area contributed by atoms with Crippen LogP contribution in [0.4, 0.5) is 17.1 Å². The number of hydrogen-bond acceptors (Lipinski definition) is 3. The van der Waals surface area contributed by atoms with Crippen LogP contribution in [0.2, 0.25) is 0 Å². The summed E-state index contributed by atoms with van der Waals surface area (Å²) in [7, 11) is 0. The van der Waals surface area contributed by atoms with Gasteiger partial charge in [-0.15, -0.1) is 0 Å². The van der Waals surface area contributed by atoms with E-state index < -0.39 is 0 Å². The molecule has 3 rings (SSSR count). The van der Waals surface area contributed by atoms with Gasteiger partial charge in [-0.25, -0.2) is 0 Å². The Balaban J connectivity index is 1.80. The molecule has 3 aromatic rings. The zero-order chi connectivity index (χ0) is 16.1. The number of nitrogens with one attached hydrogen (secondary N) is 2. The quantitative estimate of drug-likeness (QED) is 0.751. The van der Waals surface area contributed by atoms with Crippen molar-refractivity contribution in [2.45, 2.75) is 6.92 Å². The van der Waals surface area contributed by atoms with Crippen LogP contribution in [-0.4, -0.2) is 10.9 Å². The first-order chi connectivity index (χ1) is 11.2. The Kier molecular flexibility index (Phi) is 4.34. The highest BCUT2D eigenvalue weighted by Gasteiger charge is 2.09. The van der Waals surface area contributed by atoms with Gasteiger partial charge in [0.05, 0.1) is 16.9 Å². The molecule has 1 heterocycles. The molecule has 0 aliphatic carbocycles. The number of amides is 1. The van der Waals surface area contributed by atoms with Crippen molar-refractivity contribution in [3.05, 3.63) is 84.2 Å². The Morgan fingerprint density at radius 1 is 0.913 bits per heavy atom. The second-order valence-corrected chi connectivity index (χ2v) is 5.23. The van der Waals surface area contributed by atoms with Gasteiger partial charge in [-0.3, -0.25) is 9.78 Å². The van der Waals surface area contributed by atoms with E-state index in [1.54, 1.807) is 24.5 Å². The lowest BCUT2D eigenvalue weighted by Crippen LogP contribution is -2.13. The highest BCUT2D eigenvalue weighted by molar-refractivity contribution is 6.05. The van der Waals surface area contributed by atoms with Gasteiger partial charge >= 0.3 is 0 Å². The molecule has 2 aromatic carbocycles. The van der Waals surface area contributed by atoms with Crippen molar-refractivity contribution in [2.24, 2.45) is 0 Å². The number of benzene rings is 2. The molecule has 0 aliphatic heterocycles. The first kappa shape index (κ1) is 14.8. The molecule has 114 valence electrons. The minimum absolute atomic E-state index is 0.184. The summed E-state index contributed by atoms with van der Waals surface area (Å²) in [4.78, 5) is 16.3. The molecule has 0 spiro atoms. The predicted octanol–water partition coefficient (Wildman–Crippen LogP) is 4.39. The van der Waals surface area contributed by atoms with E-state index in [4.69, 9.17) is 0 Å². The summed E-state index contributed by atoms with van der Waals surface area (Å²) in [6.45, 7) is 2.05. The summed E-state index contributed by atoms with van der Waals surface area (Å²) in [6, 6.07) is 19.2. The maximum atomic E-state index is 12.3.